The zero-order chi connectivity index (χ0) is 21.5. The molecule has 0 spiro atoms. The summed E-state index contributed by atoms with van der Waals surface area (Å²) in [5.74, 6) is -0.867. The quantitative estimate of drug-likeness (QED) is 0.467. The first kappa shape index (κ1) is 21.2. The third-order valence-corrected chi connectivity index (χ3v) is 4.77. The highest BCUT2D eigenvalue weighted by Gasteiger charge is 2.23. The molecule has 2 aromatic rings. The molecule has 1 heterocycles. The Morgan fingerprint density at radius 3 is 2.53 bits per heavy atom. The Morgan fingerprint density at radius 2 is 1.83 bits per heavy atom. The van der Waals surface area contributed by atoms with E-state index in [4.69, 9.17) is 4.74 Å². The van der Waals surface area contributed by atoms with Crippen LogP contribution in [0.25, 0.3) is 6.08 Å². The maximum Gasteiger partial charge on any atom is 0.308 e. The highest BCUT2D eigenvalue weighted by atomic mass is 19.1. The average Bonchev–Trinajstić information content (AvgIpc) is 2.72. The molecule has 0 atom stereocenters. The van der Waals surface area contributed by atoms with Gasteiger partial charge in [-0.15, -0.1) is 0 Å². The van der Waals surface area contributed by atoms with Crippen molar-refractivity contribution in [1.29, 1.82) is 0 Å². The highest BCUT2D eigenvalue weighted by Crippen LogP contribution is 2.16. The van der Waals surface area contributed by atoms with Gasteiger partial charge in [0.05, 0.1) is 0 Å². The number of piperidine rings is 1. The second kappa shape index (κ2) is 9.82. The number of likely N-dealkylation sites (tertiary alicyclic amines) is 1. The fraction of sp³-hybridized carbons (Fsp3) is 0.261. The number of esters is 1. The summed E-state index contributed by atoms with van der Waals surface area (Å²) in [6.07, 6.45) is 4.30. The predicted molar refractivity (Wildman–Crippen MR) is 110 cm³/mol. The number of carbonyl (C=O) groups is 3. The zero-order valence-corrected chi connectivity index (χ0v) is 16.6. The van der Waals surface area contributed by atoms with Crippen molar-refractivity contribution in [2.45, 2.75) is 25.8 Å². The fourth-order valence-electron chi connectivity index (χ4n) is 3.26. The summed E-state index contributed by atoms with van der Waals surface area (Å²) in [6, 6.07) is 12.4. The van der Waals surface area contributed by atoms with Gasteiger partial charge in [-0.25, -0.2) is 4.39 Å². The van der Waals surface area contributed by atoms with Crippen LogP contribution < -0.4 is 10.1 Å². The van der Waals surface area contributed by atoms with Crippen LogP contribution in [0, 0.1) is 5.82 Å². The monoisotopic (exact) mass is 410 g/mol. The molecule has 2 aromatic carbocycles. The second-order valence-electron chi connectivity index (χ2n) is 7.08. The van der Waals surface area contributed by atoms with E-state index in [1.807, 2.05) is 0 Å². The smallest absolute Gasteiger partial charge is 0.308 e. The molecule has 0 unspecified atom stereocenters. The summed E-state index contributed by atoms with van der Waals surface area (Å²) < 4.78 is 18.2. The van der Waals surface area contributed by atoms with Crippen molar-refractivity contribution in [2.75, 3.05) is 13.1 Å². The number of nitrogens with zero attached hydrogens (tertiary/aromatic N) is 1. The van der Waals surface area contributed by atoms with Crippen LogP contribution in [0.1, 0.15) is 35.7 Å². The summed E-state index contributed by atoms with van der Waals surface area (Å²) in [7, 11) is 0. The highest BCUT2D eigenvalue weighted by molar-refractivity contribution is 5.95. The van der Waals surface area contributed by atoms with Crippen LogP contribution in [-0.2, 0) is 9.59 Å². The molecule has 0 saturated carbocycles. The molecule has 1 aliphatic rings. The summed E-state index contributed by atoms with van der Waals surface area (Å²) >= 11 is 0. The standard InChI is InChI=1S/C23H23FN2O4/c1-16(27)30-21-7-3-5-18(15-21)23(29)25-20-10-12-26(13-11-20)22(28)9-8-17-4-2-6-19(24)14-17/h2-9,14-15,20H,10-13H2,1H3,(H,25,29)/b9-8+. The lowest BCUT2D eigenvalue weighted by atomic mass is 10.0. The van der Waals surface area contributed by atoms with E-state index < -0.39 is 5.97 Å². The molecule has 0 aliphatic carbocycles. The number of rotatable bonds is 5. The summed E-state index contributed by atoms with van der Waals surface area (Å²) in [4.78, 5) is 37.6. The molecule has 3 rings (SSSR count). The number of halogens is 1. The van der Waals surface area contributed by atoms with Crippen LogP contribution in [0.2, 0.25) is 0 Å². The Balaban J connectivity index is 1.50. The van der Waals surface area contributed by atoms with E-state index in [-0.39, 0.29) is 23.7 Å². The lowest BCUT2D eigenvalue weighted by Gasteiger charge is -2.31. The number of ether oxygens (including phenoxy) is 1. The van der Waals surface area contributed by atoms with Crippen molar-refractivity contribution in [3.8, 4) is 5.75 Å². The molecule has 2 amide bonds. The molecule has 7 heteroatoms. The first-order chi connectivity index (χ1) is 14.4. The van der Waals surface area contributed by atoms with E-state index in [2.05, 4.69) is 5.32 Å². The number of nitrogens with one attached hydrogen (secondary N) is 1. The Bertz CT molecular complexity index is 965. The molecule has 30 heavy (non-hydrogen) atoms. The minimum absolute atomic E-state index is 0.0499. The lowest BCUT2D eigenvalue weighted by molar-refractivity contribution is -0.132. The molecular weight excluding hydrogens is 387 g/mol. The van der Waals surface area contributed by atoms with E-state index in [0.717, 1.165) is 0 Å². The minimum atomic E-state index is -0.448. The number of hydrogen-bond acceptors (Lipinski definition) is 4. The fourth-order valence-corrected chi connectivity index (χ4v) is 3.26. The van der Waals surface area contributed by atoms with Crippen LogP contribution >= 0.6 is 0 Å². The van der Waals surface area contributed by atoms with Gasteiger partial charge in [-0.05, 0) is 54.8 Å². The van der Waals surface area contributed by atoms with Gasteiger partial charge in [0.25, 0.3) is 5.91 Å². The van der Waals surface area contributed by atoms with Gasteiger partial charge in [-0.1, -0.05) is 18.2 Å². The van der Waals surface area contributed by atoms with Crippen LogP contribution in [0.15, 0.2) is 54.6 Å². The van der Waals surface area contributed by atoms with Crippen molar-refractivity contribution in [2.24, 2.45) is 0 Å². The minimum Gasteiger partial charge on any atom is -0.427 e. The number of benzene rings is 2. The molecule has 1 N–H and O–H groups in total. The molecule has 1 saturated heterocycles. The Morgan fingerprint density at radius 1 is 1.10 bits per heavy atom. The van der Waals surface area contributed by atoms with E-state index in [1.165, 1.54) is 31.2 Å². The molecular formula is C23H23FN2O4. The average molecular weight is 410 g/mol. The normalized spacial score (nSPS) is 14.5. The molecule has 1 aliphatic heterocycles. The molecule has 0 aromatic heterocycles. The first-order valence-electron chi connectivity index (χ1n) is 9.72. The largest absolute Gasteiger partial charge is 0.427 e. The molecule has 1 fully saturated rings. The van der Waals surface area contributed by atoms with Crippen molar-refractivity contribution < 1.29 is 23.5 Å². The number of hydrogen-bond donors (Lipinski definition) is 1. The van der Waals surface area contributed by atoms with Crippen molar-refractivity contribution >= 4 is 23.9 Å². The van der Waals surface area contributed by atoms with Crippen molar-refractivity contribution in [1.82, 2.24) is 10.2 Å². The summed E-state index contributed by atoms with van der Waals surface area (Å²) in [5.41, 5.74) is 1.03. The van der Waals surface area contributed by atoms with Gasteiger partial charge in [-0.2, -0.15) is 0 Å². The Hall–Kier alpha value is -3.48. The van der Waals surface area contributed by atoms with E-state index in [9.17, 15) is 18.8 Å². The van der Waals surface area contributed by atoms with Gasteiger partial charge < -0.3 is 15.0 Å². The third kappa shape index (κ3) is 6.01. The van der Waals surface area contributed by atoms with Crippen LogP contribution in [0.4, 0.5) is 4.39 Å². The van der Waals surface area contributed by atoms with Gasteiger partial charge in [0.2, 0.25) is 5.91 Å². The third-order valence-electron chi connectivity index (χ3n) is 4.77. The summed E-state index contributed by atoms with van der Waals surface area (Å²) in [5, 5.41) is 2.96. The van der Waals surface area contributed by atoms with Gasteiger partial charge >= 0.3 is 5.97 Å². The lowest BCUT2D eigenvalue weighted by Crippen LogP contribution is -2.46. The maximum atomic E-state index is 13.2. The summed E-state index contributed by atoms with van der Waals surface area (Å²) in [6.45, 7) is 2.34. The maximum absolute atomic E-state index is 13.2. The van der Waals surface area contributed by atoms with Gasteiger partial charge in [0, 0.05) is 37.7 Å². The van der Waals surface area contributed by atoms with Crippen molar-refractivity contribution in [3.05, 3.63) is 71.6 Å². The SMILES string of the molecule is CC(=O)Oc1cccc(C(=O)NC2CCN(C(=O)/C=C/c3cccc(F)c3)CC2)c1. The first-order valence-corrected chi connectivity index (χ1v) is 9.72. The van der Waals surface area contributed by atoms with Crippen LogP contribution in [0.5, 0.6) is 5.75 Å². The zero-order valence-electron chi connectivity index (χ0n) is 16.6. The predicted octanol–water partition coefficient (Wildman–Crippen LogP) is 3.19. The number of amides is 2. The van der Waals surface area contributed by atoms with E-state index in [1.54, 1.807) is 41.3 Å². The Labute approximate surface area is 174 Å². The van der Waals surface area contributed by atoms with Gasteiger partial charge in [0.1, 0.15) is 11.6 Å². The van der Waals surface area contributed by atoms with Gasteiger partial charge in [-0.3, -0.25) is 14.4 Å². The van der Waals surface area contributed by atoms with Gasteiger partial charge in [0.15, 0.2) is 0 Å². The van der Waals surface area contributed by atoms with E-state index >= 15 is 0 Å². The van der Waals surface area contributed by atoms with Crippen molar-refractivity contribution in [3.63, 3.8) is 0 Å². The topological polar surface area (TPSA) is 75.7 Å². The van der Waals surface area contributed by atoms with E-state index in [0.29, 0.717) is 42.8 Å². The molecule has 6 nitrogen and oxygen atoms in total. The number of carbonyl (C=O) groups excluding carboxylic acids is 3. The van der Waals surface area contributed by atoms with Crippen LogP contribution in [-0.4, -0.2) is 41.8 Å². The molecule has 0 radical (unpaired) electrons. The molecule has 156 valence electrons. The molecule has 0 bridgehead atoms. The van der Waals surface area contributed by atoms with Crippen LogP contribution in [0.3, 0.4) is 0 Å². The second-order valence-corrected chi connectivity index (χ2v) is 7.08. The Kier molecular flexibility index (Phi) is 6.95.